The van der Waals surface area contributed by atoms with Gasteiger partial charge in [0.2, 0.25) is 0 Å². The average Bonchev–Trinajstić information content (AvgIpc) is 3.29. The Labute approximate surface area is 239 Å². The van der Waals surface area contributed by atoms with Crippen LogP contribution < -0.4 is 4.72 Å². The Hall–Kier alpha value is -3.33. The fourth-order valence-electron chi connectivity index (χ4n) is 4.29. The molecule has 1 heterocycles. The maximum atomic E-state index is 13.5. The normalized spacial score (nSPS) is 13.8. The van der Waals surface area contributed by atoms with Crippen molar-refractivity contribution in [1.82, 2.24) is 14.5 Å². The lowest BCUT2D eigenvalue weighted by Crippen LogP contribution is -2.37. The van der Waals surface area contributed by atoms with E-state index in [-0.39, 0.29) is 0 Å². The van der Waals surface area contributed by atoms with Gasteiger partial charge in [-0.25, -0.2) is 13.7 Å². The number of benzene rings is 3. The minimum absolute atomic E-state index is 0.518. The third kappa shape index (κ3) is 7.44. The number of rotatable bonds is 9. The zero-order chi connectivity index (χ0) is 28.9. The first-order valence-corrected chi connectivity index (χ1v) is 14.7. The first-order valence-electron chi connectivity index (χ1n) is 13.5. The molecular formula is C32H39N3O4S. The number of ether oxygens (including phenoxy) is 2. The number of hydrogen-bond acceptors (Lipinski definition) is 5. The topological polar surface area (TPSA) is 82.5 Å². The second-order valence-electron chi connectivity index (χ2n) is 11.7. The van der Waals surface area contributed by atoms with Crippen LogP contribution in [0.15, 0.2) is 78.9 Å². The molecule has 0 saturated carbocycles. The van der Waals surface area contributed by atoms with Crippen molar-refractivity contribution in [2.24, 2.45) is 0 Å². The van der Waals surface area contributed by atoms with Gasteiger partial charge in [0.05, 0.1) is 46.2 Å². The summed E-state index contributed by atoms with van der Waals surface area (Å²) in [5, 5.41) is 5.56. The molecule has 40 heavy (non-hydrogen) atoms. The molecule has 0 aliphatic rings. The fourth-order valence-corrected chi connectivity index (χ4v) is 5.09. The molecule has 0 bridgehead atoms. The van der Waals surface area contributed by atoms with E-state index in [4.69, 9.17) is 14.6 Å². The third-order valence-electron chi connectivity index (χ3n) is 6.23. The summed E-state index contributed by atoms with van der Waals surface area (Å²) < 4.78 is 29.2. The van der Waals surface area contributed by atoms with Crippen LogP contribution in [-0.2, 0) is 33.5 Å². The quantitative estimate of drug-likeness (QED) is 0.229. The van der Waals surface area contributed by atoms with E-state index < -0.39 is 33.5 Å². The third-order valence-corrected chi connectivity index (χ3v) is 7.79. The summed E-state index contributed by atoms with van der Waals surface area (Å²) in [5.74, 6) is 0. The molecule has 8 heteroatoms. The van der Waals surface area contributed by atoms with Gasteiger partial charge in [-0.15, -0.1) is 0 Å². The van der Waals surface area contributed by atoms with Crippen LogP contribution in [0.2, 0.25) is 0 Å². The lowest BCUT2D eigenvalue weighted by atomic mass is 9.95. The molecule has 0 fully saturated rings. The van der Waals surface area contributed by atoms with Gasteiger partial charge in [-0.3, -0.25) is 0 Å². The molecule has 3 aromatic carbocycles. The van der Waals surface area contributed by atoms with Crippen molar-refractivity contribution in [2.75, 3.05) is 6.61 Å². The van der Waals surface area contributed by atoms with E-state index in [0.717, 1.165) is 22.1 Å². The lowest BCUT2D eigenvalue weighted by Gasteiger charge is -2.25. The van der Waals surface area contributed by atoms with Gasteiger partial charge in [0.15, 0.2) is 0 Å². The van der Waals surface area contributed by atoms with E-state index in [2.05, 4.69) is 10.8 Å². The second-order valence-corrected chi connectivity index (χ2v) is 13.7. The van der Waals surface area contributed by atoms with Gasteiger partial charge >= 0.3 is 6.09 Å². The van der Waals surface area contributed by atoms with E-state index in [1.54, 1.807) is 0 Å². The molecule has 1 unspecified atom stereocenters. The Morgan fingerprint density at radius 1 is 0.925 bits per heavy atom. The SMILES string of the molecule is CC(C)(C)OC(=O)n1nc([C@H](NS(=O)C(C)(C)C)c2ccccc2CCOCc2ccccc2)c2ccccc21. The molecule has 1 aromatic heterocycles. The largest absolute Gasteiger partial charge is 0.442 e. The maximum absolute atomic E-state index is 13.5. The lowest BCUT2D eigenvalue weighted by molar-refractivity contribution is 0.0522. The molecule has 2 atom stereocenters. The number of nitrogens with one attached hydrogen (secondary N) is 1. The molecule has 4 rings (SSSR count). The van der Waals surface area contributed by atoms with E-state index >= 15 is 0 Å². The number of nitrogens with zero attached hydrogens (tertiary/aromatic N) is 2. The van der Waals surface area contributed by atoms with E-state index in [1.165, 1.54) is 4.68 Å². The first-order chi connectivity index (χ1) is 18.9. The van der Waals surface area contributed by atoms with Crippen molar-refractivity contribution < 1.29 is 18.5 Å². The zero-order valence-corrected chi connectivity index (χ0v) is 25.0. The van der Waals surface area contributed by atoms with Crippen LogP contribution in [0.4, 0.5) is 4.79 Å². The molecular weight excluding hydrogens is 522 g/mol. The van der Waals surface area contributed by atoms with Crippen LogP contribution in [0.5, 0.6) is 0 Å². The van der Waals surface area contributed by atoms with Gasteiger partial charge in [-0.2, -0.15) is 9.78 Å². The van der Waals surface area contributed by atoms with Gasteiger partial charge in [0, 0.05) is 5.39 Å². The smallest absolute Gasteiger partial charge is 0.435 e. The molecule has 0 aliphatic heterocycles. The Bertz CT molecular complexity index is 1470. The number of para-hydroxylation sites is 1. The van der Waals surface area contributed by atoms with Crippen molar-refractivity contribution in [3.05, 3.63) is 101 Å². The molecule has 0 radical (unpaired) electrons. The van der Waals surface area contributed by atoms with Crippen molar-refractivity contribution in [1.29, 1.82) is 0 Å². The molecule has 7 nitrogen and oxygen atoms in total. The average molecular weight is 562 g/mol. The van der Waals surface area contributed by atoms with Crippen molar-refractivity contribution in [2.45, 2.75) is 71.0 Å². The Balaban J connectivity index is 1.72. The van der Waals surface area contributed by atoms with Crippen LogP contribution in [0, 0.1) is 0 Å². The van der Waals surface area contributed by atoms with Gasteiger partial charge in [0.1, 0.15) is 5.60 Å². The number of carbonyl (C=O) groups is 1. The van der Waals surface area contributed by atoms with Crippen LogP contribution in [0.25, 0.3) is 10.9 Å². The highest BCUT2D eigenvalue weighted by atomic mass is 32.2. The van der Waals surface area contributed by atoms with Crippen molar-refractivity contribution in [3.63, 3.8) is 0 Å². The minimum Gasteiger partial charge on any atom is -0.442 e. The van der Waals surface area contributed by atoms with Crippen LogP contribution >= 0.6 is 0 Å². The van der Waals surface area contributed by atoms with Gasteiger partial charge < -0.3 is 9.47 Å². The summed E-state index contributed by atoms with van der Waals surface area (Å²) in [7, 11) is -1.42. The van der Waals surface area contributed by atoms with Crippen molar-refractivity contribution >= 4 is 28.0 Å². The summed E-state index contributed by atoms with van der Waals surface area (Å²) in [4.78, 5) is 13.2. The maximum Gasteiger partial charge on any atom is 0.435 e. The predicted octanol–water partition coefficient (Wildman–Crippen LogP) is 6.72. The summed E-state index contributed by atoms with van der Waals surface area (Å²) >= 11 is 0. The monoisotopic (exact) mass is 561 g/mol. The highest BCUT2D eigenvalue weighted by Crippen LogP contribution is 2.32. The summed E-state index contributed by atoms with van der Waals surface area (Å²) in [5.41, 5.74) is 3.66. The second kappa shape index (κ2) is 12.5. The highest BCUT2D eigenvalue weighted by molar-refractivity contribution is 7.84. The predicted molar refractivity (Wildman–Crippen MR) is 160 cm³/mol. The Kier molecular flexibility index (Phi) is 9.23. The fraction of sp³-hybridized carbons (Fsp3) is 0.375. The van der Waals surface area contributed by atoms with Gasteiger partial charge in [-0.1, -0.05) is 72.8 Å². The molecule has 0 saturated heterocycles. The van der Waals surface area contributed by atoms with E-state index in [1.807, 2.05) is 114 Å². The molecule has 0 spiro atoms. The molecule has 4 aromatic rings. The summed E-state index contributed by atoms with van der Waals surface area (Å²) in [6.45, 7) is 12.3. The zero-order valence-electron chi connectivity index (χ0n) is 24.1. The highest BCUT2D eigenvalue weighted by Gasteiger charge is 2.31. The summed E-state index contributed by atoms with van der Waals surface area (Å²) in [6.07, 6.45) is 0.0989. The molecule has 1 N–H and O–H groups in total. The van der Waals surface area contributed by atoms with Crippen molar-refractivity contribution in [3.8, 4) is 0 Å². The summed E-state index contributed by atoms with van der Waals surface area (Å²) in [6, 6.07) is 25.1. The number of aromatic nitrogens is 2. The van der Waals surface area contributed by atoms with Gasteiger partial charge in [-0.05, 0) is 70.7 Å². The standard InChI is InChI=1S/C32H39N3O4S/c1-31(2,3)39-30(36)35-27-19-13-12-18-26(27)28(33-35)29(34-40(37)32(4,5)6)25-17-11-10-16-24(25)20-21-38-22-23-14-8-7-9-15-23/h7-19,29,34H,20-22H2,1-6H3/t29-,40?/m1/s1. The molecule has 0 aliphatic carbocycles. The Morgan fingerprint density at radius 2 is 1.57 bits per heavy atom. The van der Waals surface area contributed by atoms with Gasteiger partial charge in [0.25, 0.3) is 0 Å². The first kappa shape index (κ1) is 29.6. The number of fused-ring (bicyclic) bond motifs is 1. The minimum atomic E-state index is -1.42. The van der Waals surface area contributed by atoms with E-state index in [0.29, 0.717) is 30.8 Å². The number of hydrogen-bond donors (Lipinski definition) is 1. The molecule has 0 amide bonds. The van der Waals surface area contributed by atoms with Crippen LogP contribution in [0.1, 0.15) is 70.0 Å². The van der Waals surface area contributed by atoms with Crippen LogP contribution in [0.3, 0.4) is 0 Å². The molecule has 212 valence electrons. The Morgan fingerprint density at radius 3 is 2.27 bits per heavy atom. The number of carbonyl (C=O) groups excluding carboxylic acids is 1. The van der Waals surface area contributed by atoms with Crippen LogP contribution in [-0.4, -0.2) is 37.0 Å². The van der Waals surface area contributed by atoms with E-state index in [9.17, 15) is 9.00 Å².